The fourth-order valence-electron chi connectivity index (χ4n) is 3.14. The second-order valence-electron chi connectivity index (χ2n) is 6.08. The van der Waals surface area contributed by atoms with Gasteiger partial charge in [0.1, 0.15) is 6.10 Å². The lowest BCUT2D eigenvalue weighted by atomic mass is 10.1. The van der Waals surface area contributed by atoms with Gasteiger partial charge in [-0.3, -0.25) is 4.79 Å². The predicted octanol–water partition coefficient (Wildman–Crippen LogP) is 3.00. The maximum atomic E-state index is 12.9. The highest BCUT2D eigenvalue weighted by atomic mass is 16.5. The number of rotatable bonds is 3. The Morgan fingerprint density at radius 1 is 1.32 bits per heavy atom. The molecule has 0 saturated carbocycles. The molecule has 1 amide bonds. The van der Waals surface area contributed by atoms with Crippen molar-refractivity contribution in [2.75, 3.05) is 19.7 Å². The van der Waals surface area contributed by atoms with Crippen molar-refractivity contribution in [1.29, 1.82) is 0 Å². The van der Waals surface area contributed by atoms with Crippen LogP contribution in [-0.4, -0.2) is 40.6 Å². The van der Waals surface area contributed by atoms with Gasteiger partial charge < -0.3 is 14.2 Å². The molecule has 1 saturated heterocycles. The van der Waals surface area contributed by atoms with Gasteiger partial charge in [0.15, 0.2) is 0 Å². The van der Waals surface area contributed by atoms with Crippen LogP contribution >= 0.6 is 0 Å². The molecule has 4 rings (SSSR count). The summed E-state index contributed by atoms with van der Waals surface area (Å²) in [6, 6.07) is 11.8. The largest absolute Gasteiger partial charge is 0.370 e. The van der Waals surface area contributed by atoms with Crippen LogP contribution in [0.2, 0.25) is 0 Å². The number of aryl methyl sites for hydroxylation is 1. The van der Waals surface area contributed by atoms with E-state index in [2.05, 4.69) is 10.1 Å². The van der Waals surface area contributed by atoms with E-state index in [0.29, 0.717) is 31.0 Å². The van der Waals surface area contributed by atoms with Gasteiger partial charge in [0.05, 0.1) is 29.8 Å². The second kappa shape index (κ2) is 6.64. The van der Waals surface area contributed by atoms with Crippen LogP contribution in [0.4, 0.5) is 0 Å². The molecule has 0 spiro atoms. The van der Waals surface area contributed by atoms with Crippen molar-refractivity contribution in [3.63, 3.8) is 0 Å². The molecule has 1 aliphatic rings. The van der Waals surface area contributed by atoms with Gasteiger partial charge in [0.2, 0.25) is 0 Å². The topological polar surface area (TPSA) is 68.5 Å². The van der Waals surface area contributed by atoms with E-state index in [9.17, 15) is 4.79 Å². The van der Waals surface area contributed by atoms with Gasteiger partial charge in [-0.2, -0.15) is 0 Å². The predicted molar refractivity (Wildman–Crippen MR) is 92.2 cm³/mol. The third-order valence-corrected chi connectivity index (χ3v) is 4.51. The van der Waals surface area contributed by atoms with Crippen molar-refractivity contribution < 1.29 is 14.1 Å². The summed E-state index contributed by atoms with van der Waals surface area (Å²) in [6.07, 6.45) is 2.19. The van der Waals surface area contributed by atoms with Gasteiger partial charge in [0, 0.05) is 12.7 Å². The summed E-state index contributed by atoms with van der Waals surface area (Å²) < 4.78 is 11.0. The van der Waals surface area contributed by atoms with Crippen molar-refractivity contribution in [1.82, 2.24) is 15.0 Å². The Balaban J connectivity index is 1.57. The number of aromatic nitrogens is 2. The average molecular weight is 337 g/mol. The molecule has 0 bridgehead atoms. The highest BCUT2D eigenvalue weighted by Crippen LogP contribution is 2.24. The number of benzene rings is 1. The average Bonchev–Trinajstić information content (AvgIpc) is 3.10. The molecule has 1 atom stereocenters. The smallest absolute Gasteiger partial charge is 0.257 e. The first-order valence-corrected chi connectivity index (χ1v) is 8.46. The molecule has 0 aliphatic carbocycles. The second-order valence-corrected chi connectivity index (χ2v) is 6.08. The van der Waals surface area contributed by atoms with Gasteiger partial charge in [-0.25, -0.2) is 4.98 Å². The van der Waals surface area contributed by atoms with Crippen LogP contribution in [0.5, 0.6) is 0 Å². The molecule has 1 unspecified atom stereocenters. The van der Waals surface area contributed by atoms with Crippen molar-refractivity contribution in [3.8, 4) is 0 Å². The summed E-state index contributed by atoms with van der Waals surface area (Å²) >= 11 is 0. The third kappa shape index (κ3) is 3.00. The maximum absolute atomic E-state index is 12.9. The fraction of sp³-hybridized carbons (Fsp3) is 0.316. The lowest BCUT2D eigenvalue weighted by Gasteiger charge is -2.33. The van der Waals surface area contributed by atoms with Crippen molar-refractivity contribution >= 4 is 17.0 Å². The highest BCUT2D eigenvalue weighted by Gasteiger charge is 2.26. The number of hydrogen-bond acceptors (Lipinski definition) is 5. The fourth-order valence-corrected chi connectivity index (χ4v) is 3.14. The summed E-state index contributed by atoms with van der Waals surface area (Å²) in [6.45, 7) is 3.63. The first-order valence-electron chi connectivity index (χ1n) is 8.46. The molecular weight excluding hydrogens is 318 g/mol. The minimum absolute atomic E-state index is 0.0399. The lowest BCUT2D eigenvalue weighted by Crippen LogP contribution is -2.42. The molecule has 1 aliphatic heterocycles. The van der Waals surface area contributed by atoms with Gasteiger partial charge in [-0.05, 0) is 18.1 Å². The number of fused-ring (bicyclic) bond motifs is 1. The zero-order valence-electron chi connectivity index (χ0n) is 14.0. The van der Waals surface area contributed by atoms with Gasteiger partial charge in [0.25, 0.3) is 11.6 Å². The molecule has 0 radical (unpaired) electrons. The monoisotopic (exact) mass is 337 g/mol. The van der Waals surface area contributed by atoms with E-state index in [0.717, 1.165) is 23.1 Å². The maximum Gasteiger partial charge on any atom is 0.257 e. The number of hydrogen-bond donors (Lipinski definition) is 0. The lowest BCUT2D eigenvalue weighted by molar-refractivity contribution is -0.0228. The molecule has 1 fully saturated rings. The van der Waals surface area contributed by atoms with Crippen molar-refractivity contribution in [3.05, 3.63) is 59.4 Å². The first kappa shape index (κ1) is 15.8. The van der Waals surface area contributed by atoms with Crippen molar-refractivity contribution in [2.45, 2.75) is 19.4 Å². The molecule has 25 heavy (non-hydrogen) atoms. The van der Waals surface area contributed by atoms with Crippen LogP contribution in [0.15, 0.2) is 47.1 Å². The Hall–Kier alpha value is -2.73. The summed E-state index contributed by atoms with van der Waals surface area (Å²) in [7, 11) is 0. The molecule has 3 aromatic rings. The van der Waals surface area contributed by atoms with Crippen LogP contribution in [0.25, 0.3) is 11.1 Å². The third-order valence-electron chi connectivity index (χ3n) is 4.51. The number of amides is 1. The van der Waals surface area contributed by atoms with E-state index in [-0.39, 0.29) is 12.0 Å². The Morgan fingerprint density at radius 3 is 2.96 bits per heavy atom. The Labute approximate surface area is 145 Å². The molecule has 1 aromatic carbocycles. The number of carbonyl (C=O) groups excluding carboxylic acids is 1. The van der Waals surface area contributed by atoms with Gasteiger partial charge >= 0.3 is 0 Å². The van der Waals surface area contributed by atoms with E-state index >= 15 is 0 Å². The molecule has 128 valence electrons. The molecule has 3 heterocycles. The zero-order chi connectivity index (χ0) is 17.2. The van der Waals surface area contributed by atoms with E-state index in [1.54, 1.807) is 6.20 Å². The quantitative estimate of drug-likeness (QED) is 0.735. The highest BCUT2D eigenvalue weighted by molar-refractivity contribution is 5.97. The van der Waals surface area contributed by atoms with Gasteiger partial charge in [-0.1, -0.05) is 42.4 Å². The zero-order valence-corrected chi connectivity index (χ0v) is 14.0. The Morgan fingerprint density at radius 2 is 2.16 bits per heavy atom. The van der Waals surface area contributed by atoms with Crippen LogP contribution in [0.3, 0.4) is 0 Å². The minimum Gasteiger partial charge on any atom is -0.370 e. The SMILES string of the molecule is CCc1noc2ncc(C(=O)N3CCOC(c4ccccc4)C3)cc12. The molecular formula is C19H19N3O3. The number of carbonyl (C=O) groups is 1. The van der Waals surface area contributed by atoms with Crippen LogP contribution in [0, 0.1) is 0 Å². The summed E-state index contributed by atoms with van der Waals surface area (Å²) in [5.74, 6) is -0.0399. The van der Waals surface area contributed by atoms with E-state index in [4.69, 9.17) is 9.26 Å². The van der Waals surface area contributed by atoms with Crippen LogP contribution < -0.4 is 0 Å². The van der Waals surface area contributed by atoms with E-state index < -0.39 is 0 Å². The van der Waals surface area contributed by atoms with E-state index in [1.165, 1.54) is 0 Å². The van der Waals surface area contributed by atoms with Crippen LogP contribution in [-0.2, 0) is 11.2 Å². The van der Waals surface area contributed by atoms with E-state index in [1.807, 2.05) is 48.2 Å². The number of nitrogens with zero attached hydrogens (tertiary/aromatic N) is 3. The van der Waals surface area contributed by atoms with Gasteiger partial charge in [-0.15, -0.1) is 0 Å². The summed E-state index contributed by atoms with van der Waals surface area (Å²) in [4.78, 5) is 19.0. The summed E-state index contributed by atoms with van der Waals surface area (Å²) in [5.41, 5.74) is 2.93. The minimum atomic E-state index is -0.0996. The Bertz CT molecular complexity index is 891. The molecule has 0 N–H and O–H groups in total. The molecule has 6 heteroatoms. The molecule has 6 nitrogen and oxygen atoms in total. The number of ether oxygens (including phenoxy) is 1. The normalized spacial score (nSPS) is 17.8. The van der Waals surface area contributed by atoms with Crippen molar-refractivity contribution in [2.24, 2.45) is 0 Å². The molecule has 2 aromatic heterocycles. The van der Waals surface area contributed by atoms with Crippen LogP contribution in [0.1, 0.15) is 34.6 Å². The number of morpholine rings is 1. The summed E-state index contributed by atoms with van der Waals surface area (Å²) in [5, 5.41) is 4.80. The standard InChI is InChI=1S/C19H19N3O3/c1-2-16-15-10-14(11-20-18(15)25-21-16)19(23)22-8-9-24-17(12-22)13-6-4-3-5-7-13/h3-7,10-11,17H,2,8-9,12H2,1H3. The first-order chi connectivity index (χ1) is 12.3. The Kier molecular flexibility index (Phi) is 4.19. The number of pyridine rings is 1.